The van der Waals surface area contributed by atoms with E-state index in [9.17, 15) is 0 Å². The molecule has 0 saturated carbocycles. The largest absolute Gasteiger partial charge is 0.372 e. The number of nitrogens with zero attached hydrogens (tertiary/aromatic N) is 1. The van der Waals surface area contributed by atoms with Crippen molar-refractivity contribution in [2.24, 2.45) is 5.92 Å². The Kier molecular flexibility index (Phi) is 8.67. The Morgan fingerprint density at radius 3 is 2.63 bits per heavy atom. The van der Waals surface area contributed by atoms with E-state index in [1.54, 1.807) is 0 Å². The van der Waals surface area contributed by atoms with E-state index in [2.05, 4.69) is 38.0 Å². The van der Waals surface area contributed by atoms with Crippen LogP contribution in [0.2, 0.25) is 0 Å². The Morgan fingerprint density at radius 1 is 1.21 bits per heavy atom. The van der Waals surface area contributed by atoms with Gasteiger partial charge in [0.15, 0.2) is 0 Å². The Labute approximate surface area is 120 Å². The Balaban J connectivity index is 2.07. The highest BCUT2D eigenvalue weighted by Gasteiger charge is 2.25. The molecule has 0 radical (unpaired) electrons. The van der Waals surface area contributed by atoms with Gasteiger partial charge in [0.1, 0.15) is 0 Å². The second-order valence-electron chi connectivity index (χ2n) is 6.48. The number of ether oxygens (including phenoxy) is 1. The minimum atomic E-state index is 0.438. The predicted octanol–water partition coefficient (Wildman–Crippen LogP) is 2.90. The molecule has 3 heteroatoms. The molecule has 0 aromatic rings. The lowest BCUT2D eigenvalue weighted by Crippen LogP contribution is -2.33. The van der Waals surface area contributed by atoms with Gasteiger partial charge in [-0.3, -0.25) is 0 Å². The van der Waals surface area contributed by atoms with Crippen molar-refractivity contribution in [3.8, 4) is 0 Å². The Hall–Kier alpha value is -0.120. The normalized spacial score (nSPS) is 23.7. The first-order chi connectivity index (χ1) is 9.11. The summed E-state index contributed by atoms with van der Waals surface area (Å²) in [6.07, 6.45) is 7.31. The highest BCUT2D eigenvalue weighted by atomic mass is 16.5. The van der Waals surface area contributed by atoms with Gasteiger partial charge in [0.25, 0.3) is 0 Å². The number of nitrogens with one attached hydrogen (secondary N) is 1. The summed E-state index contributed by atoms with van der Waals surface area (Å²) in [6, 6.07) is 0. The molecule has 1 saturated heterocycles. The fraction of sp³-hybridized carbons (Fsp3) is 1.00. The van der Waals surface area contributed by atoms with Crippen LogP contribution in [0.15, 0.2) is 0 Å². The van der Waals surface area contributed by atoms with E-state index in [0.29, 0.717) is 12.2 Å². The smallest absolute Gasteiger partial charge is 0.0707 e. The summed E-state index contributed by atoms with van der Waals surface area (Å²) in [7, 11) is 2.23. The zero-order valence-corrected chi connectivity index (χ0v) is 13.5. The number of likely N-dealkylation sites (N-methyl/N-ethyl adjacent to an activating group) is 1. The van der Waals surface area contributed by atoms with Gasteiger partial charge >= 0.3 is 0 Å². The SMILES string of the molecule is CCCCCN(C)CC1CCC(CNCC(C)C)O1. The molecule has 114 valence electrons. The van der Waals surface area contributed by atoms with Crippen molar-refractivity contribution in [1.29, 1.82) is 0 Å². The molecule has 1 fully saturated rings. The molecule has 0 aliphatic carbocycles. The van der Waals surface area contributed by atoms with Gasteiger partial charge in [-0.05, 0) is 45.3 Å². The summed E-state index contributed by atoms with van der Waals surface area (Å²) >= 11 is 0. The summed E-state index contributed by atoms with van der Waals surface area (Å²) < 4.78 is 6.12. The van der Waals surface area contributed by atoms with Gasteiger partial charge in [-0.15, -0.1) is 0 Å². The van der Waals surface area contributed by atoms with Gasteiger partial charge in [-0.1, -0.05) is 33.6 Å². The second kappa shape index (κ2) is 9.73. The summed E-state index contributed by atoms with van der Waals surface area (Å²) in [5.41, 5.74) is 0. The lowest BCUT2D eigenvalue weighted by Gasteiger charge is -2.21. The summed E-state index contributed by atoms with van der Waals surface area (Å²) in [5, 5.41) is 3.50. The fourth-order valence-electron chi connectivity index (χ4n) is 2.67. The molecule has 0 bridgehead atoms. The van der Waals surface area contributed by atoms with E-state index in [1.807, 2.05) is 0 Å². The maximum atomic E-state index is 6.12. The zero-order chi connectivity index (χ0) is 14.1. The van der Waals surface area contributed by atoms with Crippen molar-refractivity contribution >= 4 is 0 Å². The van der Waals surface area contributed by atoms with Crippen LogP contribution in [0.5, 0.6) is 0 Å². The Morgan fingerprint density at radius 2 is 1.95 bits per heavy atom. The number of rotatable bonds is 10. The number of hydrogen-bond donors (Lipinski definition) is 1. The summed E-state index contributed by atoms with van der Waals surface area (Å²) in [6.45, 7) is 11.2. The van der Waals surface area contributed by atoms with Gasteiger partial charge in [0.05, 0.1) is 12.2 Å². The molecular formula is C16H34N2O. The van der Waals surface area contributed by atoms with Crippen molar-refractivity contribution in [2.45, 2.75) is 65.1 Å². The second-order valence-corrected chi connectivity index (χ2v) is 6.48. The monoisotopic (exact) mass is 270 g/mol. The maximum absolute atomic E-state index is 6.12. The van der Waals surface area contributed by atoms with Gasteiger partial charge in [0, 0.05) is 13.1 Å². The van der Waals surface area contributed by atoms with E-state index < -0.39 is 0 Å². The van der Waals surface area contributed by atoms with Gasteiger partial charge < -0.3 is 15.0 Å². The molecule has 3 nitrogen and oxygen atoms in total. The number of unbranched alkanes of at least 4 members (excludes halogenated alkanes) is 2. The van der Waals surface area contributed by atoms with Crippen molar-refractivity contribution in [1.82, 2.24) is 10.2 Å². The molecule has 19 heavy (non-hydrogen) atoms. The molecule has 1 N–H and O–H groups in total. The van der Waals surface area contributed by atoms with Crippen LogP contribution in [0.1, 0.15) is 52.9 Å². The van der Waals surface area contributed by atoms with E-state index in [4.69, 9.17) is 4.74 Å². The zero-order valence-electron chi connectivity index (χ0n) is 13.5. The lowest BCUT2D eigenvalue weighted by atomic mass is 10.1. The first-order valence-electron chi connectivity index (χ1n) is 8.16. The quantitative estimate of drug-likeness (QED) is 0.618. The molecule has 0 aromatic carbocycles. The molecule has 1 aliphatic heterocycles. The van der Waals surface area contributed by atoms with Gasteiger partial charge in [-0.25, -0.2) is 0 Å². The van der Waals surface area contributed by atoms with Crippen LogP contribution < -0.4 is 5.32 Å². The first-order valence-corrected chi connectivity index (χ1v) is 8.16. The van der Waals surface area contributed by atoms with Crippen LogP contribution in [0.4, 0.5) is 0 Å². The minimum Gasteiger partial charge on any atom is -0.372 e. The highest BCUT2D eigenvalue weighted by molar-refractivity contribution is 4.77. The standard InChI is InChI=1S/C16H34N2O/c1-5-6-7-10-18(4)13-16-9-8-15(19-16)12-17-11-14(2)3/h14-17H,5-13H2,1-4H3. The lowest BCUT2D eigenvalue weighted by molar-refractivity contribution is 0.0275. The van der Waals surface area contributed by atoms with Crippen molar-refractivity contribution in [2.75, 3.05) is 33.2 Å². The van der Waals surface area contributed by atoms with Crippen LogP contribution in [-0.2, 0) is 4.74 Å². The van der Waals surface area contributed by atoms with Crippen LogP contribution in [-0.4, -0.2) is 50.3 Å². The summed E-state index contributed by atoms with van der Waals surface area (Å²) in [5.74, 6) is 0.724. The fourth-order valence-corrected chi connectivity index (χ4v) is 2.67. The predicted molar refractivity (Wildman–Crippen MR) is 82.6 cm³/mol. The average Bonchev–Trinajstić information content (AvgIpc) is 2.76. The van der Waals surface area contributed by atoms with Gasteiger partial charge in [0.2, 0.25) is 0 Å². The van der Waals surface area contributed by atoms with Crippen molar-refractivity contribution < 1.29 is 4.74 Å². The molecule has 1 rings (SSSR count). The van der Waals surface area contributed by atoms with Crippen LogP contribution >= 0.6 is 0 Å². The Bertz CT molecular complexity index is 221. The highest BCUT2D eigenvalue weighted by Crippen LogP contribution is 2.20. The molecular weight excluding hydrogens is 236 g/mol. The third kappa shape index (κ3) is 7.91. The molecule has 2 unspecified atom stereocenters. The van der Waals surface area contributed by atoms with E-state index in [0.717, 1.165) is 25.6 Å². The third-order valence-electron chi connectivity index (χ3n) is 3.78. The minimum absolute atomic E-state index is 0.438. The van der Waals surface area contributed by atoms with Crippen LogP contribution in [0, 0.1) is 5.92 Å². The molecule has 1 aliphatic rings. The third-order valence-corrected chi connectivity index (χ3v) is 3.78. The topological polar surface area (TPSA) is 24.5 Å². The molecule has 0 aromatic heterocycles. The van der Waals surface area contributed by atoms with E-state index in [-0.39, 0.29) is 0 Å². The molecule has 0 spiro atoms. The van der Waals surface area contributed by atoms with E-state index in [1.165, 1.54) is 38.6 Å². The van der Waals surface area contributed by atoms with Crippen LogP contribution in [0.25, 0.3) is 0 Å². The van der Waals surface area contributed by atoms with Crippen molar-refractivity contribution in [3.05, 3.63) is 0 Å². The molecule has 0 amide bonds. The molecule has 2 atom stereocenters. The molecule has 1 heterocycles. The maximum Gasteiger partial charge on any atom is 0.0707 e. The summed E-state index contributed by atoms with van der Waals surface area (Å²) in [4.78, 5) is 2.43. The van der Waals surface area contributed by atoms with E-state index >= 15 is 0 Å². The average molecular weight is 270 g/mol. The van der Waals surface area contributed by atoms with Crippen molar-refractivity contribution in [3.63, 3.8) is 0 Å². The van der Waals surface area contributed by atoms with Crippen LogP contribution in [0.3, 0.4) is 0 Å². The first kappa shape index (κ1) is 16.9. The number of hydrogen-bond acceptors (Lipinski definition) is 3. The van der Waals surface area contributed by atoms with Gasteiger partial charge in [-0.2, -0.15) is 0 Å².